The van der Waals surface area contributed by atoms with E-state index in [1.54, 1.807) is 32.1 Å². The number of aliphatic hydroxyl groups excluding tert-OH is 1. The second-order valence-corrected chi connectivity index (χ2v) is 4.32. The van der Waals surface area contributed by atoms with Gasteiger partial charge in [-0.15, -0.1) is 13.2 Å². The topological polar surface area (TPSA) is 23.5 Å². The molecule has 18 heavy (non-hydrogen) atoms. The maximum absolute atomic E-state index is 13.6. The van der Waals surface area contributed by atoms with E-state index in [9.17, 15) is 9.50 Å². The summed E-state index contributed by atoms with van der Waals surface area (Å²) in [7, 11) is 0. The molecule has 98 valence electrons. The first-order chi connectivity index (χ1) is 8.51. The van der Waals surface area contributed by atoms with Crippen molar-refractivity contribution in [3.63, 3.8) is 0 Å². The quantitative estimate of drug-likeness (QED) is 0.781. The Kier molecular flexibility index (Phi) is 5.10. The highest BCUT2D eigenvalue weighted by atomic mass is 19.1. The molecule has 3 heteroatoms. The van der Waals surface area contributed by atoms with Crippen molar-refractivity contribution >= 4 is 5.69 Å². The molecule has 0 unspecified atom stereocenters. The fraction of sp³-hybridized carbons (Fsp3) is 0.333. The summed E-state index contributed by atoms with van der Waals surface area (Å²) >= 11 is 0. The number of halogens is 1. The molecular formula is C15H20FNO. The smallest absolute Gasteiger partial charge is 0.126 e. The first kappa shape index (κ1) is 14.5. The van der Waals surface area contributed by atoms with E-state index in [0.717, 1.165) is 5.69 Å². The first-order valence-corrected chi connectivity index (χ1v) is 5.96. The Morgan fingerprint density at radius 2 is 1.89 bits per heavy atom. The first-order valence-electron chi connectivity index (χ1n) is 5.96. The average Bonchev–Trinajstić information content (AvgIpc) is 2.31. The second kappa shape index (κ2) is 6.36. The monoisotopic (exact) mass is 249 g/mol. The third-order valence-electron chi connectivity index (χ3n) is 2.80. The van der Waals surface area contributed by atoms with Crippen molar-refractivity contribution in [2.24, 2.45) is 0 Å². The van der Waals surface area contributed by atoms with Crippen LogP contribution in [0.2, 0.25) is 0 Å². The van der Waals surface area contributed by atoms with Crippen LogP contribution >= 0.6 is 0 Å². The molecule has 0 saturated heterocycles. The summed E-state index contributed by atoms with van der Waals surface area (Å²) in [5.41, 5.74) is 1.97. The van der Waals surface area contributed by atoms with E-state index in [1.165, 1.54) is 6.07 Å². The van der Waals surface area contributed by atoms with Gasteiger partial charge in [-0.3, -0.25) is 0 Å². The highest BCUT2D eigenvalue weighted by Gasteiger charge is 2.15. The molecule has 1 aromatic rings. The van der Waals surface area contributed by atoms with Gasteiger partial charge in [0.25, 0.3) is 0 Å². The minimum absolute atomic E-state index is 0.299. The van der Waals surface area contributed by atoms with Crippen LogP contribution in [0.3, 0.4) is 0 Å². The molecule has 0 fully saturated rings. The highest BCUT2D eigenvalue weighted by Crippen LogP contribution is 2.29. The zero-order valence-electron chi connectivity index (χ0n) is 11.0. The summed E-state index contributed by atoms with van der Waals surface area (Å²) in [4.78, 5) is 1.99. The number of nitrogens with zero attached hydrogens (tertiary/aromatic N) is 1. The van der Waals surface area contributed by atoms with Gasteiger partial charge in [0.2, 0.25) is 0 Å². The van der Waals surface area contributed by atoms with E-state index in [2.05, 4.69) is 13.2 Å². The van der Waals surface area contributed by atoms with E-state index in [0.29, 0.717) is 24.2 Å². The van der Waals surface area contributed by atoms with Gasteiger partial charge in [-0.05, 0) is 31.5 Å². The fourth-order valence-electron chi connectivity index (χ4n) is 1.87. The third kappa shape index (κ3) is 3.20. The Bertz CT molecular complexity index is 430. The molecule has 0 radical (unpaired) electrons. The predicted octanol–water partition coefficient (Wildman–Crippen LogP) is 3.37. The fourth-order valence-corrected chi connectivity index (χ4v) is 1.87. The van der Waals surface area contributed by atoms with Crippen molar-refractivity contribution in [3.05, 3.63) is 54.4 Å². The lowest BCUT2D eigenvalue weighted by Crippen LogP contribution is -2.25. The van der Waals surface area contributed by atoms with Gasteiger partial charge in [-0.2, -0.15) is 0 Å². The van der Waals surface area contributed by atoms with Crippen LogP contribution < -0.4 is 4.90 Å². The number of hydrogen-bond donors (Lipinski definition) is 1. The van der Waals surface area contributed by atoms with Crippen molar-refractivity contribution in [1.29, 1.82) is 0 Å². The normalized spacial score (nSPS) is 12.0. The molecular weight excluding hydrogens is 229 g/mol. The van der Waals surface area contributed by atoms with Gasteiger partial charge in [0.05, 0.1) is 6.10 Å². The van der Waals surface area contributed by atoms with E-state index in [4.69, 9.17) is 0 Å². The van der Waals surface area contributed by atoms with Crippen molar-refractivity contribution in [3.8, 4) is 0 Å². The van der Waals surface area contributed by atoms with E-state index in [-0.39, 0.29) is 5.82 Å². The molecule has 0 aliphatic carbocycles. The molecule has 1 N–H and O–H groups in total. The van der Waals surface area contributed by atoms with Gasteiger partial charge < -0.3 is 10.0 Å². The minimum atomic E-state index is -0.716. The lowest BCUT2D eigenvalue weighted by molar-refractivity contribution is 0.199. The summed E-state index contributed by atoms with van der Waals surface area (Å²) in [5, 5.41) is 9.76. The number of aryl methyl sites for hydroxylation is 1. The summed E-state index contributed by atoms with van der Waals surface area (Å²) in [6, 6.07) is 3.15. The Morgan fingerprint density at radius 1 is 1.33 bits per heavy atom. The van der Waals surface area contributed by atoms with Gasteiger partial charge in [-0.25, -0.2) is 4.39 Å². The summed E-state index contributed by atoms with van der Waals surface area (Å²) in [6.45, 7) is 12.0. The lowest BCUT2D eigenvalue weighted by atomic mass is 10.0. The van der Waals surface area contributed by atoms with E-state index < -0.39 is 6.10 Å². The predicted molar refractivity (Wildman–Crippen MR) is 74.4 cm³/mol. The van der Waals surface area contributed by atoms with E-state index >= 15 is 0 Å². The molecule has 2 nitrogen and oxygen atoms in total. The maximum atomic E-state index is 13.6. The van der Waals surface area contributed by atoms with Crippen molar-refractivity contribution in [2.75, 3.05) is 18.0 Å². The van der Waals surface area contributed by atoms with Crippen LogP contribution in [0.4, 0.5) is 10.1 Å². The summed E-state index contributed by atoms with van der Waals surface area (Å²) in [5.74, 6) is -0.299. The molecule has 1 rings (SSSR count). The van der Waals surface area contributed by atoms with Crippen LogP contribution in [0.1, 0.15) is 24.2 Å². The van der Waals surface area contributed by atoms with Crippen LogP contribution in [0.25, 0.3) is 0 Å². The van der Waals surface area contributed by atoms with Gasteiger partial charge in [-0.1, -0.05) is 12.2 Å². The molecule has 0 aromatic heterocycles. The molecule has 0 heterocycles. The van der Waals surface area contributed by atoms with Crippen LogP contribution in [0.5, 0.6) is 0 Å². The second-order valence-electron chi connectivity index (χ2n) is 4.32. The number of aliphatic hydroxyl groups is 1. The Balaban J connectivity index is 3.29. The molecule has 1 aromatic carbocycles. The number of hydrogen-bond acceptors (Lipinski definition) is 2. The molecule has 0 spiro atoms. The molecule has 0 aliphatic heterocycles. The van der Waals surface area contributed by atoms with Crippen molar-refractivity contribution < 1.29 is 9.50 Å². The summed E-state index contributed by atoms with van der Waals surface area (Å²) in [6.07, 6.45) is 2.83. The Hall–Kier alpha value is -1.61. The highest BCUT2D eigenvalue weighted by molar-refractivity contribution is 5.57. The number of rotatable bonds is 6. The molecule has 0 bridgehead atoms. The molecule has 0 saturated carbocycles. The van der Waals surface area contributed by atoms with Crippen LogP contribution in [0, 0.1) is 12.7 Å². The standard InChI is InChI=1S/C15H20FNO/c1-5-7-17(8-6-2)15-9-11(3)14(16)10-13(15)12(4)18/h5-6,9-10,12,18H,1-2,7-8H2,3-4H3/t12-/m1/s1. The molecule has 1 atom stereocenters. The largest absolute Gasteiger partial charge is 0.389 e. The number of anilines is 1. The van der Waals surface area contributed by atoms with Crippen molar-refractivity contribution in [1.82, 2.24) is 0 Å². The third-order valence-corrected chi connectivity index (χ3v) is 2.80. The minimum Gasteiger partial charge on any atom is -0.389 e. The van der Waals surface area contributed by atoms with Crippen LogP contribution in [-0.4, -0.2) is 18.2 Å². The van der Waals surface area contributed by atoms with E-state index in [1.807, 2.05) is 4.90 Å². The Labute approximate surface area is 108 Å². The number of benzene rings is 1. The Morgan fingerprint density at radius 3 is 2.33 bits per heavy atom. The van der Waals surface area contributed by atoms with Gasteiger partial charge in [0.1, 0.15) is 5.82 Å². The SMILES string of the molecule is C=CCN(CC=C)c1cc(C)c(F)cc1[C@@H](C)O. The maximum Gasteiger partial charge on any atom is 0.126 e. The van der Waals surface area contributed by atoms with Gasteiger partial charge >= 0.3 is 0 Å². The molecule has 0 amide bonds. The lowest BCUT2D eigenvalue weighted by Gasteiger charge is -2.26. The zero-order valence-corrected chi connectivity index (χ0v) is 11.0. The average molecular weight is 249 g/mol. The summed E-state index contributed by atoms with van der Waals surface area (Å²) < 4.78 is 13.6. The van der Waals surface area contributed by atoms with Crippen LogP contribution in [0.15, 0.2) is 37.4 Å². The zero-order chi connectivity index (χ0) is 13.7. The van der Waals surface area contributed by atoms with Crippen molar-refractivity contribution in [2.45, 2.75) is 20.0 Å². The van der Waals surface area contributed by atoms with Gasteiger partial charge in [0, 0.05) is 24.3 Å². The van der Waals surface area contributed by atoms with Gasteiger partial charge in [0.15, 0.2) is 0 Å². The van der Waals surface area contributed by atoms with Crippen LogP contribution in [-0.2, 0) is 0 Å². The molecule has 0 aliphatic rings.